The fourth-order valence-corrected chi connectivity index (χ4v) is 4.37. The van der Waals surface area contributed by atoms with E-state index in [9.17, 15) is 9.59 Å². The molecule has 0 bridgehead atoms. The van der Waals surface area contributed by atoms with Crippen LogP contribution in [0.15, 0.2) is 24.3 Å². The fraction of sp³-hybridized carbons (Fsp3) is 0.619. The number of fused-ring (bicyclic) bond motifs is 1. The number of aryl methyl sites for hydroxylation is 1. The number of hydrogen-bond donors (Lipinski definition) is 0. The van der Waals surface area contributed by atoms with Crippen LogP contribution in [-0.2, 0) is 22.4 Å². The van der Waals surface area contributed by atoms with Crippen molar-refractivity contribution in [1.29, 1.82) is 0 Å². The molecular formula is C21H31ClN2O2. The molecule has 144 valence electrons. The van der Waals surface area contributed by atoms with E-state index in [4.69, 9.17) is 0 Å². The second-order valence-corrected chi connectivity index (χ2v) is 7.49. The summed E-state index contributed by atoms with van der Waals surface area (Å²) in [5.74, 6) is 0.113. The average Bonchev–Trinajstić information content (AvgIpc) is 2.85. The maximum Gasteiger partial charge on any atom is 0.236 e. The van der Waals surface area contributed by atoms with Gasteiger partial charge in [-0.05, 0) is 62.9 Å². The summed E-state index contributed by atoms with van der Waals surface area (Å²) >= 11 is 0. The molecule has 1 aliphatic carbocycles. The average molecular weight is 379 g/mol. The van der Waals surface area contributed by atoms with Crippen molar-refractivity contribution >= 4 is 24.2 Å². The van der Waals surface area contributed by atoms with Crippen molar-refractivity contribution in [2.24, 2.45) is 5.41 Å². The molecule has 1 atom stereocenters. The molecule has 2 amide bonds. The molecule has 1 fully saturated rings. The van der Waals surface area contributed by atoms with Crippen LogP contribution in [0.2, 0.25) is 0 Å². The summed E-state index contributed by atoms with van der Waals surface area (Å²) in [6.07, 6.45) is 4.78. The number of nitrogens with zero attached hydrogens (tertiary/aromatic N) is 2. The topological polar surface area (TPSA) is 40.6 Å². The van der Waals surface area contributed by atoms with Crippen LogP contribution in [0.1, 0.15) is 50.7 Å². The minimum absolute atomic E-state index is 0. The van der Waals surface area contributed by atoms with Crippen molar-refractivity contribution in [3.05, 3.63) is 35.4 Å². The van der Waals surface area contributed by atoms with Crippen molar-refractivity contribution in [2.75, 3.05) is 26.2 Å². The first-order valence-corrected chi connectivity index (χ1v) is 9.73. The van der Waals surface area contributed by atoms with E-state index in [1.165, 1.54) is 11.1 Å². The Morgan fingerprint density at radius 2 is 1.73 bits per heavy atom. The highest BCUT2D eigenvalue weighted by Crippen LogP contribution is 2.44. The quantitative estimate of drug-likeness (QED) is 0.539. The van der Waals surface area contributed by atoms with Gasteiger partial charge in [-0.3, -0.25) is 14.5 Å². The van der Waals surface area contributed by atoms with E-state index in [-0.39, 0.29) is 24.2 Å². The normalized spacial score (nSPS) is 22.0. The second-order valence-electron chi connectivity index (χ2n) is 7.49. The predicted octanol–water partition coefficient (Wildman–Crippen LogP) is 3.46. The van der Waals surface area contributed by atoms with Crippen LogP contribution < -0.4 is 0 Å². The molecule has 5 heteroatoms. The van der Waals surface area contributed by atoms with Crippen LogP contribution in [0.25, 0.3) is 0 Å². The van der Waals surface area contributed by atoms with Crippen LogP contribution in [0.3, 0.4) is 0 Å². The van der Waals surface area contributed by atoms with Gasteiger partial charge in [0.2, 0.25) is 11.8 Å². The van der Waals surface area contributed by atoms with Crippen LogP contribution in [0, 0.1) is 5.41 Å². The lowest BCUT2D eigenvalue weighted by Gasteiger charge is -2.32. The zero-order chi connectivity index (χ0) is 17.9. The highest BCUT2D eigenvalue weighted by molar-refractivity contribution is 6.06. The molecule has 1 spiro atoms. The number of carbonyl (C=O) groups excluding carboxylic acids is 2. The molecular weight excluding hydrogens is 348 g/mol. The minimum atomic E-state index is -0.468. The number of amides is 2. The van der Waals surface area contributed by atoms with E-state index in [0.29, 0.717) is 13.0 Å². The van der Waals surface area contributed by atoms with Gasteiger partial charge in [-0.25, -0.2) is 0 Å². The van der Waals surface area contributed by atoms with Crippen LogP contribution >= 0.6 is 12.4 Å². The lowest BCUT2D eigenvalue weighted by molar-refractivity contribution is -0.141. The van der Waals surface area contributed by atoms with Crippen molar-refractivity contribution in [3.63, 3.8) is 0 Å². The molecule has 0 aromatic heterocycles. The van der Waals surface area contributed by atoms with Crippen LogP contribution in [0.5, 0.6) is 0 Å². The third-order valence-electron chi connectivity index (χ3n) is 6.01. The standard InChI is InChI=1S/C21H30N2O2.ClH/c1-3-22(4-2)13-7-8-14-23-19(24)16-21(20(23)25)12-11-17-9-5-6-10-18(17)15-21;/h5-6,9-10H,3-4,7-8,11-16H2,1-2H3;1H. The summed E-state index contributed by atoms with van der Waals surface area (Å²) < 4.78 is 0. The van der Waals surface area contributed by atoms with Gasteiger partial charge in [-0.1, -0.05) is 38.1 Å². The Hall–Kier alpha value is -1.39. The molecule has 1 aromatic rings. The fourth-order valence-electron chi connectivity index (χ4n) is 4.37. The van der Waals surface area contributed by atoms with Crippen LogP contribution in [0.4, 0.5) is 0 Å². The van der Waals surface area contributed by atoms with Gasteiger partial charge in [-0.15, -0.1) is 12.4 Å². The molecule has 3 rings (SSSR count). The van der Waals surface area contributed by atoms with E-state index in [1.807, 2.05) is 6.07 Å². The molecule has 0 N–H and O–H groups in total. The maximum absolute atomic E-state index is 13.0. The molecule has 0 saturated carbocycles. The van der Waals surface area contributed by atoms with E-state index >= 15 is 0 Å². The Bertz CT molecular complexity index is 645. The largest absolute Gasteiger partial charge is 0.304 e. The number of likely N-dealkylation sites (tertiary alicyclic amines) is 1. The van der Waals surface area contributed by atoms with E-state index in [2.05, 4.69) is 36.9 Å². The third kappa shape index (κ3) is 4.12. The van der Waals surface area contributed by atoms with Gasteiger partial charge >= 0.3 is 0 Å². The van der Waals surface area contributed by atoms with Gasteiger partial charge in [0.1, 0.15) is 0 Å². The first-order chi connectivity index (χ1) is 12.1. The SMILES string of the molecule is CCN(CC)CCCCN1C(=O)CC2(CCc3ccccc3C2)C1=O.Cl. The van der Waals surface area contributed by atoms with Gasteiger partial charge in [0.05, 0.1) is 5.41 Å². The smallest absolute Gasteiger partial charge is 0.236 e. The Morgan fingerprint density at radius 3 is 2.42 bits per heavy atom. The maximum atomic E-state index is 13.0. The summed E-state index contributed by atoms with van der Waals surface area (Å²) in [5, 5.41) is 0. The Balaban J connectivity index is 0.00000243. The van der Waals surface area contributed by atoms with Crippen molar-refractivity contribution in [2.45, 2.75) is 52.4 Å². The van der Waals surface area contributed by atoms with Crippen molar-refractivity contribution < 1.29 is 9.59 Å². The molecule has 4 nitrogen and oxygen atoms in total. The van der Waals surface area contributed by atoms with Gasteiger partial charge in [0.15, 0.2) is 0 Å². The van der Waals surface area contributed by atoms with Crippen molar-refractivity contribution in [1.82, 2.24) is 9.80 Å². The number of halogens is 1. The number of imide groups is 1. The van der Waals surface area contributed by atoms with Gasteiger partial charge < -0.3 is 4.90 Å². The van der Waals surface area contributed by atoms with E-state index in [0.717, 1.165) is 51.7 Å². The Morgan fingerprint density at radius 1 is 1.04 bits per heavy atom. The molecule has 1 aliphatic heterocycles. The summed E-state index contributed by atoms with van der Waals surface area (Å²) in [6.45, 7) is 8.08. The number of carbonyl (C=O) groups is 2. The molecule has 2 aliphatic rings. The lowest BCUT2D eigenvalue weighted by Crippen LogP contribution is -2.39. The van der Waals surface area contributed by atoms with Crippen molar-refractivity contribution in [3.8, 4) is 0 Å². The summed E-state index contributed by atoms with van der Waals surface area (Å²) in [7, 11) is 0. The number of unbranched alkanes of at least 4 members (excludes halogenated alkanes) is 1. The molecule has 1 heterocycles. The first kappa shape index (κ1) is 20.9. The lowest BCUT2D eigenvalue weighted by atomic mass is 9.70. The molecule has 1 unspecified atom stereocenters. The van der Waals surface area contributed by atoms with E-state index in [1.54, 1.807) is 4.90 Å². The first-order valence-electron chi connectivity index (χ1n) is 9.73. The van der Waals surface area contributed by atoms with Gasteiger partial charge in [0.25, 0.3) is 0 Å². The van der Waals surface area contributed by atoms with Gasteiger partial charge in [-0.2, -0.15) is 0 Å². The monoisotopic (exact) mass is 378 g/mol. The highest BCUT2D eigenvalue weighted by Gasteiger charge is 2.52. The van der Waals surface area contributed by atoms with Gasteiger partial charge in [0, 0.05) is 13.0 Å². The summed E-state index contributed by atoms with van der Waals surface area (Å²) in [5.41, 5.74) is 2.12. The highest BCUT2D eigenvalue weighted by atomic mass is 35.5. The molecule has 26 heavy (non-hydrogen) atoms. The number of hydrogen-bond acceptors (Lipinski definition) is 3. The zero-order valence-electron chi connectivity index (χ0n) is 16.0. The molecule has 0 radical (unpaired) electrons. The number of rotatable bonds is 7. The predicted molar refractivity (Wildman–Crippen MR) is 107 cm³/mol. The third-order valence-corrected chi connectivity index (χ3v) is 6.01. The molecule has 1 aromatic carbocycles. The molecule has 1 saturated heterocycles. The Labute approximate surface area is 163 Å². The number of benzene rings is 1. The Kier molecular flexibility index (Phi) is 7.24. The van der Waals surface area contributed by atoms with Crippen LogP contribution in [-0.4, -0.2) is 47.8 Å². The second kappa shape index (κ2) is 9.01. The van der Waals surface area contributed by atoms with E-state index < -0.39 is 5.41 Å². The summed E-state index contributed by atoms with van der Waals surface area (Å²) in [4.78, 5) is 29.5. The zero-order valence-corrected chi connectivity index (χ0v) is 16.8. The summed E-state index contributed by atoms with van der Waals surface area (Å²) in [6, 6.07) is 8.35. The minimum Gasteiger partial charge on any atom is -0.304 e.